The summed E-state index contributed by atoms with van der Waals surface area (Å²) >= 11 is 0. The molecule has 0 aromatic heterocycles. The first-order valence-electron chi connectivity index (χ1n) is 1.99. The summed E-state index contributed by atoms with van der Waals surface area (Å²) in [5.74, 6) is -0.373. The second-order valence-corrected chi connectivity index (χ2v) is 1.05. The molecule has 0 aliphatic carbocycles. The van der Waals surface area contributed by atoms with Gasteiger partial charge in [-0.1, -0.05) is 0 Å². The van der Waals surface area contributed by atoms with Crippen LogP contribution in [0.25, 0.3) is 0 Å². The average Bonchev–Trinajstić information content (AvgIpc) is 1.68. The Labute approximate surface area is 47.4 Å². The van der Waals surface area contributed by atoms with Gasteiger partial charge in [-0.25, -0.2) is 0 Å². The zero-order valence-corrected chi connectivity index (χ0v) is 4.68. The number of hydrogen-bond acceptors (Lipinski definition) is 3. The number of rotatable bonds is 2. The van der Waals surface area contributed by atoms with E-state index in [2.05, 4.69) is 4.74 Å². The van der Waals surface area contributed by atoms with Gasteiger partial charge in [0.2, 0.25) is 0 Å². The van der Waals surface area contributed by atoms with Crippen molar-refractivity contribution in [2.24, 2.45) is 0 Å². The molecule has 8 heavy (non-hydrogen) atoms. The minimum atomic E-state index is -0.373. The standard InChI is InChI=1S/C4H8O3.H2O/c1-7-4(6)2-3-5;/h5H,2-3H2,1H3;1H2. The summed E-state index contributed by atoms with van der Waals surface area (Å²) in [5, 5.41) is 8.07. The maximum absolute atomic E-state index is 10.0. The molecule has 0 saturated carbocycles. The molecule has 4 nitrogen and oxygen atoms in total. The number of carbonyl (C=O) groups excluding carboxylic acids is 1. The van der Waals surface area contributed by atoms with E-state index in [0.717, 1.165) is 0 Å². The SMILES string of the molecule is COC(=O)CCO.O. The minimum Gasteiger partial charge on any atom is -0.469 e. The van der Waals surface area contributed by atoms with Gasteiger partial charge in [0.15, 0.2) is 0 Å². The van der Waals surface area contributed by atoms with Gasteiger partial charge >= 0.3 is 5.97 Å². The summed E-state index contributed by atoms with van der Waals surface area (Å²) in [6.45, 7) is -0.132. The Morgan fingerprint density at radius 3 is 2.38 bits per heavy atom. The molecular weight excluding hydrogens is 112 g/mol. The highest BCUT2D eigenvalue weighted by Crippen LogP contribution is 1.78. The van der Waals surface area contributed by atoms with Gasteiger partial charge in [0.05, 0.1) is 20.1 Å². The van der Waals surface area contributed by atoms with Crippen LogP contribution in [-0.2, 0) is 9.53 Å². The molecule has 0 aliphatic rings. The lowest BCUT2D eigenvalue weighted by molar-refractivity contribution is -0.141. The molecule has 0 spiro atoms. The van der Waals surface area contributed by atoms with E-state index in [1.807, 2.05) is 0 Å². The highest BCUT2D eigenvalue weighted by Gasteiger charge is 1.93. The van der Waals surface area contributed by atoms with Gasteiger partial charge in [0.25, 0.3) is 0 Å². The average molecular weight is 122 g/mol. The van der Waals surface area contributed by atoms with Crippen molar-refractivity contribution in [2.75, 3.05) is 13.7 Å². The summed E-state index contributed by atoms with van der Waals surface area (Å²) in [6.07, 6.45) is 0.0938. The van der Waals surface area contributed by atoms with E-state index in [9.17, 15) is 4.79 Å². The Hall–Kier alpha value is -0.610. The van der Waals surface area contributed by atoms with Gasteiger partial charge in [-0.2, -0.15) is 0 Å². The lowest BCUT2D eigenvalue weighted by Crippen LogP contribution is -2.01. The van der Waals surface area contributed by atoms with Gasteiger partial charge in [-0.05, 0) is 0 Å². The molecular formula is C4H10O4. The molecule has 0 amide bonds. The van der Waals surface area contributed by atoms with Crippen LogP contribution in [0.2, 0.25) is 0 Å². The van der Waals surface area contributed by atoms with E-state index in [1.165, 1.54) is 7.11 Å². The fourth-order valence-electron chi connectivity index (χ4n) is 0.193. The molecule has 0 aromatic rings. The van der Waals surface area contributed by atoms with E-state index in [-0.39, 0.29) is 24.5 Å². The third kappa shape index (κ3) is 5.39. The number of hydrogen-bond donors (Lipinski definition) is 1. The zero-order chi connectivity index (χ0) is 5.70. The van der Waals surface area contributed by atoms with Crippen LogP contribution in [0.15, 0.2) is 0 Å². The summed E-state index contributed by atoms with van der Waals surface area (Å²) in [5.41, 5.74) is 0. The Balaban J connectivity index is 0. The molecule has 50 valence electrons. The first-order valence-corrected chi connectivity index (χ1v) is 1.99. The van der Waals surface area contributed by atoms with Crippen molar-refractivity contribution >= 4 is 5.97 Å². The monoisotopic (exact) mass is 122 g/mol. The van der Waals surface area contributed by atoms with E-state index in [4.69, 9.17) is 5.11 Å². The fourth-order valence-corrected chi connectivity index (χ4v) is 0.193. The normalized spacial score (nSPS) is 7.25. The minimum absolute atomic E-state index is 0. The fraction of sp³-hybridized carbons (Fsp3) is 0.750. The first kappa shape index (κ1) is 10.4. The van der Waals surface area contributed by atoms with Crippen LogP contribution in [0.3, 0.4) is 0 Å². The predicted octanol–water partition coefficient (Wildman–Crippen LogP) is -1.28. The van der Waals surface area contributed by atoms with Crippen molar-refractivity contribution in [1.82, 2.24) is 0 Å². The van der Waals surface area contributed by atoms with Crippen LogP contribution >= 0.6 is 0 Å². The summed E-state index contributed by atoms with van der Waals surface area (Å²) in [4.78, 5) is 10.0. The van der Waals surface area contributed by atoms with E-state index in [0.29, 0.717) is 0 Å². The molecule has 3 N–H and O–H groups in total. The molecule has 0 bridgehead atoms. The molecule has 4 heteroatoms. The second-order valence-electron chi connectivity index (χ2n) is 1.05. The van der Waals surface area contributed by atoms with Gasteiger partial charge in [-0.15, -0.1) is 0 Å². The third-order valence-corrected chi connectivity index (χ3v) is 0.544. The number of ether oxygens (including phenoxy) is 1. The summed E-state index contributed by atoms with van der Waals surface area (Å²) in [6, 6.07) is 0. The molecule has 0 atom stereocenters. The maximum Gasteiger partial charge on any atom is 0.307 e. The zero-order valence-electron chi connectivity index (χ0n) is 4.68. The highest BCUT2D eigenvalue weighted by molar-refractivity contribution is 5.69. The van der Waals surface area contributed by atoms with Crippen molar-refractivity contribution in [1.29, 1.82) is 0 Å². The molecule has 0 saturated heterocycles. The number of aliphatic hydroxyl groups is 1. The van der Waals surface area contributed by atoms with Crippen LogP contribution < -0.4 is 0 Å². The van der Waals surface area contributed by atoms with Crippen LogP contribution in [0, 0.1) is 0 Å². The largest absolute Gasteiger partial charge is 0.469 e. The van der Waals surface area contributed by atoms with Crippen molar-refractivity contribution in [3.63, 3.8) is 0 Å². The number of esters is 1. The predicted molar refractivity (Wildman–Crippen MR) is 27.3 cm³/mol. The molecule has 0 aliphatic heterocycles. The van der Waals surface area contributed by atoms with Crippen LogP contribution in [0.5, 0.6) is 0 Å². The van der Waals surface area contributed by atoms with Crippen molar-refractivity contribution < 1.29 is 20.1 Å². The Morgan fingerprint density at radius 2 is 2.25 bits per heavy atom. The Morgan fingerprint density at radius 1 is 1.75 bits per heavy atom. The van der Waals surface area contributed by atoms with Crippen LogP contribution in [-0.4, -0.2) is 30.3 Å². The van der Waals surface area contributed by atoms with Crippen molar-refractivity contribution in [3.8, 4) is 0 Å². The molecule has 0 unspecified atom stereocenters. The lowest BCUT2D eigenvalue weighted by atomic mass is 10.5. The van der Waals surface area contributed by atoms with Gasteiger partial charge in [0, 0.05) is 0 Å². The van der Waals surface area contributed by atoms with Crippen LogP contribution in [0.1, 0.15) is 6.42 Å². The second kappa shape index (κ2) is 6.39. The smallest absolute Gasteiger partial charge is 0.307 e. The number of aliphatic hydroxyl groups excluding tert-OH is 1. The Bertz CT molecular complexity index is 61.1. The van der Waals surface area contributed by atoms with E-state index < -0.39 is 0 Å². The Kier molecular flexibility index (Phi) is 8.30. The third-order valence-electron chi connectivity index (χ3n) is 0.544. The van der Waals surface area contributed by atoms with Crippen molar-refractivity contribution in [3.05, 3.63) is 0 Å². The van der Waals surface area contributed by atoms with Gasteiger partial charge in [0.1, 0.15) is 0 Å². The van der Waals surface area contributed by atoms with E-state index >= 15 is 0 Å². The van der Waals surface area contributed by atoms with Crippen LogP contribution in [0.4, 0.5) is 0 Å². The summed E-state index contributed by atoms with van der Waals surface area (Å²) < 4.78 is 4.19. The van der Waals surface area contributed by atoms with Gasteiger partial charge in [-0.3, -0.25) is 4.79 Å². The highest BCUT2D eigenvalue weighted by atomic mass is 16.5. The quantitative estimate of drug-likeness (QED) is 0.463. The maximum atomic E-state index is 10.0. The number of methoxy groups -OCH3 is 1. The number of carbonyl (C=O) groups is 1. The molecule has 0 heterocycles. The molecule has 0 aromatic carbocycles. The molecule has 0 fully saturated rings. The molecule has 0 rings (SSSR count). The first-order chi connectivity index (χ1) is 3.31. The summed E-state index contributed by atoms with van der Waals surface area (Å²) in [7, 11) is 1.29. The van der Waals surface area contributed by atoms with Crippen molar-refractivity contribution in [2.45, 2.75) is 6.42 Å². The topological polar surface area (TPSA) is 78.0 Å². The lowest BCUT2D eigenvalue weighted by Gasteiger charge is -1.90. The molecule has 0 radical (unpaired) electrons. The van der Waals surface area contributed by atoms with E-state index in [1.54, 1.807) is 0 Å². The van der Waals surface area contributed by atoms with Gasteiger partial charge < -0.3 is 15.3 Å².